The quantitative estimate of drug-likeness (QED) is 0.609. The smallest absolute Gasteiger partial charge is 0.347 e. The fourth-order valence-corrected chi connectivity index (χ4v) is 1.45. The molecular weight excluding hydrogens is 239 g/mol. The van der Waals surface area contributed by atoms with Gasteiger partial charge in [-0.1, -0.05) is 35.3 Å². The number of benzene rings is 1. The molecular formula is C10H10Cl2O3. The molecule has 0 saturated carbocycles. The van der Waals surface area contributed by atoms with Gasteiger partial charge in [-0.05, 0) is 17.7 Å². The average Bonchev–Trinajstić information content (AvgIpc) is 2.28. The van der Waals surface area contributed by atoms with Crippen molar-refractivity contribution in [2.24, 2.45) is 0 Å². The molecule has 0 heterocycles. The molecule has 3 nitrogen and oxygen atoms in total. The molecule has 82 valence electrons. The van der Waals surface area contributed by atoms with Gasteiger partial charge in [0.15, 0.2) is 0 Å². The lowest BCUT2D eigenvalue weighted by Gasteiger charge is -2.16. The van der Waals surface area contributed by atoms with E-state index < -0.39 is 10.3 Å². The van der Waals surface area contributed by atoms with Crippen LogP contribution in [0.25, 0.3) is 0 Å². The van der Waals surface area contributed by atoms with Crippen molar-refractivity contribution in [3.05, 3.63) is 29.8 Å². The van der Waals surface area contributed by atoms with Crippen LogP contribution in [0.15, 0.2) is 24.3 Å². The number of carbonyl (C=O) groups excluding carboxylic acids is 1. The van der Waals surface area contributed by atoms with Gasteiger partial charge in [-0.3, -0.25) is 0 Å². The Morgan fingerprint density at radius 2 is 1.73 bits per heavy atom. The Balaban J connectivity index is 3.00. The van der Waals surface area contributed by atoms with Crippen LogP contribution in [0.2, 0.25) is 0 Å². The second kappa shape index (κ2) is 4.73. The molecule has 0 aliphatic carbocycles. The molecule has 0 aliphatic rings. The summed E-state index contributed by atoms with van der Waals surface area (Å²) in [5.74, 6) is -0.0521. The van der Waals surface area contributed by atoms with E-state index in [4.69, 9.17) is 27.9 Å². The van der Waals surface area contributed by atoms with Crippen molar-refractivity contribution < 1.29 is 14.3 Å². The van der Waals surface area contributed by atoms with Crippen LogP contribution in [0.3, 0.4) is 0 Å². The van der Waals surface area contributed by atoms with Gasteiger partial charge in [0.1, 0.15) is 5.75 Å². The van der Waals surface area contributed by atoms with Crippen molar-refractivity contribution in [1.82, 2.24) is 0 Å². The van der Waals surface area contributed by atoms with Crippen molar-refractivity contribution in [2.75, 3.05) is 14.2 Å². The number of hydrogen-bond acceptors (Lipinski definition) is 3. The van der Waals surface area contributed by atoms with E-state index in [1.807, 2.05) is 0 Å². The van der Waals surface area contributed by atoms with Crippen LogP contribution in [0.1, 0.15) is 5.56 Å². The van der Waals surface area contributed by atoms with Gasteiger partial charge < -0.3 is 9.47 Å². The van der Waals surface area contributed by atoms with E-state index in [2.05, 4.69) is 4.74 Å². The zero-order chi connectivity index (χ0) is 11.5. The summed E-state index contributed by atoms with van der Waals surface area (Å²) in [4.78, 5) is 11.3. The van der Waals surface area contributed by atoms with Crippen molar-refractivity contribution in [2.45, 2.75) is 4.33 Å². The van der Waals surface area contributed by atoms with Gasteiger partial charge in [-0.2, -0.15) is 0 Å². The number of hydrogen-bond donors (Lipinski definition) is 0. The summed E-state index contributed by atoms with van der Waals surface area (Å²) >= 11 is 11.7. The molecule has 0 amide bonds. The zero-order valence-corrected chi connectivity index (χ0v) is 9.80. The predicted molar refractivity (Wildman–Crippen MR) is 58.4 cm³/mol. The average molecular weight is 249 g/mol. The first-order valence-corrected chi connectivity index (χ1v) is 4.88. The normalized spacial score (nSPS) is 10.9. The maximum Gasteiger partial charge on any atom is 0.347 e. The lowest BCUT2D eigenvalue weighted by Crippen LogP contribution is -2.24. The number of methoxy groups -OCH3 is 2. The first kappa shape index (κ1) is 12.1. The van der Waals surface area contributed by atoms with Gasteiger partial charge in [0.05, 0.1) is 14.2 Å². The molecule has 1 aromatic rings. The van der Waals surface area contributed by atoms with E-state index in [0.717, 1.165) is 0 Å². The van der Waals surface area contributed by atoms with E-state index in [-0.39, 0.29) is 0 Å². The van der Waals surface area contributed by atoms with Crippen molar-refractivity contribution in [3.8, 4) is 5.75 Å². The molecule has 0 fully saturated rings. The molecule has 0 radical (unpaired) electrons. The van der Waals surface area contributed by atoms with Crippen LogP contribution in [-0.2, 0) is 13.9 Å². The van der Waals surface area contributed by atoms with Crippen molar-refractivity contribution in [1.29, 1.82) is 0 Å². The van der Waals surface area contributed by atoms with E-state index in [9.17, 15) is 4.79 Å². The van der Waals surface area contributed by atoms with Crippen LogP contribution < -0.4 is 4.74 Å². The second-order valence-corrected chi connectivity index (χ2v) is 4.12. The lowest BCUT2D eigenvalue weighted by molar-refractivity contribution is -0.141. The predicted octanol–water partition coefficient (Wildman–Crippen LogP) is 2.50. The van der Waals surface area contributed by atoms with Gasteiger partial charge in [-0.15, -0.1) is 0 Å². The molecule has 0 bridgehead atoms. The highest BCUT2D eigenvalue weighted by Gasteiger charge is 2.37. The van der Waals surface area contributed by atoms with Crippen LogP contribution >= 0.6 is 23.2 Å². The highest BCUT2D eigenvalue weighted by molar-refractivity contribution is 6.56. The number of carbonyl (C=O) groups is 1. The van der Waals surface area contributed by atoms with E-state index in [1.165, 1.54) is 7.11 Å². The SMILES string of the molecule is COC(=O)C(Cl)(Cl)c1ccc(OC)cc1. The number of halogens is 2. The van der Waals surface area contributed by atoms with Gasteiger partial charge in [0, 0.05) is 0 Å². The highest BCUT2D eigenvalue weighted by atomic mass is 35.5. The van der Waals surface area contributed by atoms with Crippen LogP contribution in [0, 0.1) is 0 Å². The summed E-state index contributed by atoms with van der Waals surface area (Å²) < 4.78 is 7.78. The summed E-state index contributed by atoms with van der Waals surface area (Å²) in [6.45, 7) is 0. The maximum atomic E-state index is 11.3. The second-order valence-electron chi connectivity index (χ2n) is 2.79. The number of esters is 1. The molecule has 0 saturated heterocycles. The third-order valence-electron chi connectivity index (χ3n) is 1.89. The molecule has 15 heavy (non-hydrogen) atoms. The molecule has 1 rings (SSSR count). The monoisotopic (exact) mass is 248 g/mol. The summed E-state index contributed by atoms with van der Waals surface area (Å²) in [5.41, 5.74) is 0.443. The molecule has 1 aromatic carbocycles. The molecule has 0 aromatic heterocycles. The Hall–Kier alpha value is -0.930. The summed E-state index contributed by atoms with van der Waals surface area (Å²) in [5, 5.41) is 0. The fourth-order valence-electron chi connectivity index (χ4n) is 1.05. The summed E-state index contributed by atoms with van der Waals surface area (Å²) in [6.07, 6.45) is 0. The minimum Gasteiger partial charge on any atom is -0.497 e. The highest BCUT2D eigenvalue weighted by Crippen LogP contribution is 2.35. The lowest BCUT2D eigenvalue weighted by atomic mass is 10.1. The minimum atomic E-state index is -1.68. The molecule has 0 spiro atoms. The van der Waals surface area contributed by atoms with Crippen molar-refractivity contribution >= 4 is 29.2 Å². The molecule has 0 N–H and O–H groups in total. The largest absolute Gasteiger partial charge is 0.497 e. The third kappa shape index (κ3) is 2.55. The summed E-state index contributed by atoms with van der Waals surface area (Å²) in [7, 11) is 2.77. The van der Waals surface area contributed by atoms with Crippen LogP contribution in [-0.4, -0.2) is 20.2 Å². The third-order valence-corrected chi connectivity index (χ3v) is 2.64. The van der Waals surface area contributed by atoms with Gasteiger partial charge in [0.2, 0.25) is 4.33 Å². The Kier molecular flexibility index (Phi) is 3.83. The molecule has 5 heteroatoms. The van der Waals surface area contributed by atoms with E-state index in [0.29, 0.717) is 11.3 Å². The fraction of sp³-hybridized carbons (Fsp3) is 0.300. The van der Waals surface area contributed by atoms with E-state index in [1.54, 1.807) is 31.4 Å². The number of rotatable bonds is 3. The van der Waals surface area contributed by atoms with Crippen molar-refractivity contribution in [3.63, 3.8) is 0 Å². The standard InChI is InChI=1S/C10H10Cl2O3/c1-14-8-5-3-7(4-6-8)10(11,12)9(13)15-2/h3-6H,1-2H3. The molecule has 0 aliphatic heterocycles. The zero-order valence-electron chi connectivity index (χ0n) is 8.29. The Bertz CT molecular complexity index is 346. The first-order valence-electron chi connectivity index (χ1n) is 4.13. The van der Waals surface area contributed by atoms with Crippen LogP contribution in [0.4, 0.5) is 0 Å². The van der Waals surface area contributed by atoms with E-state index >= 15 is 0 Å². The topological polar surface area (TPSA) is 35.5 Å². The van der Waals surface area contributed by atoms with Gasteiger partial charge >= 0.3 is 5.97 Å². The number of ether oxygens (including phenoxy) is 2. The Labute approximate surface area is 97.9 Å². The summed E-state index contributed by atoms with van der Waals surface area (Å²) in [6, 6.07) is 6.54. The Morgan fingerprint density at radius 3 is 2.13 bits per heavy atom. The van der Waals surface area contributed by atoms with Gasteiger partial charge in [-0.25, -0.2) is 4.79 Å². The maximum absolute atomic E-state index is 11.3. The van der Waals surface area contributed by atoms with Crippen LogP contribution in [0.5, 0.6) is 5.75 Å². The Morgan fingerprint density at radius 1 is 1.20 bits per heavy atom. The molecule has 0 unspecified atom stereocenters. The van der Waals surface area contributed by atoms with Gasteiger partial charge in [0.25, 0.3) is 0 Å². The minimum absolute atomic E-state index is 0.443. The first-order chi connectivity index (χ1) is 7.02. The number of alkyl halides is 2. The molecule has 0 atom stereocenters.